The molecule has 3 aliphatic rings. The Morgan fingerprint density at radius 2 is 1.62 bits per heavy atom. The molecule has 0 aliphatic carbocycles. The molecule has 4 heterocycles. The van der Waals surface area contributed by atoms with E-state index in [1.807, 2.05) is 0 Å². The highest BCUT2D eigenvalue weighted by atomic mass is 16.5. The van der Waals surface area contributed by atoms with Crippen molar-refractivity contribution < 1.29 is 4.74 Å². The summed E-state index contributed by atoms with van der Waals surface area (Å²) in [4.78, 5) is 19.9. The number of hydrogen-bond donors (Lipinski definition) is 0. The third kappa shape index (κ3) is 4.60. The minimum atomic E-state index is 0.854. The monoisotopic (exact) mass is 436 g/mol. The lowest BCUT2D eigenvalue weighted by Crippen LogP contribution is -2.44. The summed E-state index contributed by atoms with van der Waals surface area (Å²) in [5, 5.41) is 0. The lowest BCUT2D eigenvalue weighted by atomic mass is 10.1. The van der Waals surface area contributed by atoms with Gasteiger partial charge in [0.2, 0.25) is 0 Å². The first-order chi connectivity index (χ1) is 15.7. The molecule has 0 N–H and O–H groups in total. The van der Waals surface area contributed by atoms with Crippen LogP contribution in [0.15, 0.2) is 24.3 Å². The highest BCUT2D eigenvalue weighted by Crippen LogP contribution is 2.31. The Morgan fingerprint density at radius 1 is 0.875 bits per heavy atom. The van der Waals surface area contributed by atoms with E-state index >= 15 is 0 Å². The zero-order valence-corrected chi connectivity index (χ0v) is 19.6. The highest BCUT2D eigenvalue weighted by Gasteiger charge is 2.26. The Labute approximate surface area is 192 Å². The summed E-state index contributed by atoms with van der Waals surface area (Å²) < 4.78 is 5.49. The lowest BCUT2D eigenvalue weighted by molar-refractivity contribution is 0.0392. The van der Waals surface area contributed by atoms with Gasteiger partial charge in [-0.25, -0.2) is 9.97 Å². The molecule has 7 nitrogen and oxygen atoms in total. The Kier molecular flexibility index (Phi) is 6.57. The molecule has 7 heteroatoms. The fraction of sp³-hybridized carbons (Fsp3) is 0.600. The minimum absolute atomic E-state index is 0.854. The van der Waals surface area contributed by atoms with Crippen molar-refractivity contribution in [3.05, 3.63) is 35.5 Å². The minimum Gasteiger partial charge on any atom is -0.379 e. The van der Waals surface area contributed by atoms with E-state index in [4.69, 9.17) is 14.7 Å². The molecule has 2 saturated heterocycles. The zero-order chi connectivity index (χ0) is 21.9. The number of rotatable bonds is 6. The van der Waals surface area contributed by atoms with Crippen molar-refractivity contribution in [1.82, 2.24) is 19.8 Å². The Balaban J connectivity index is 1.33. The first-order valence-corrected chi connectivity index (χ1v) is 12.2. The number of nitrogens with zero attached hydrogens (tertiary/aromatic N) is 6. The molecule has 0 saturated carbocycles. The number of benzene rings is 1. The molecule has 2 fully saturated rings. The summed E-state index contributed by atoms with van der Waals surface area (Å²) in [6.45, 7) is 13.5. The second-order valence-electron chi connectivity index (χ2n) is 9.18. The predicted molar refractivity (Wildman–Crippen MR) is 130 cm³/mol. The SMILES string of the molecule is CCc1nc(-c2ccc(N3CCN(C)CC3)cc2)nc2c1CCN2CCN1CCOCC1. The van der Waals surface area contributed by atoms with E-state index in [0.717, 1.165) is 102 Å². The van der Waals surface area contributed by atoms with Crippen LogP contribution in [0.3, 0.4) is 0 Å². The predicted octanol–water partition coefficient (Wildman–Crippen LogP) is 2.15. The molecule has 0 amide bonds. The van der Waals surface area contributed by atoms with Crippen LogP contribution in [0.2, 0.25) is 0 Å². The van der Waals surface area contributed by atoms with Gasteiger partial charge in [-0.15, -0.1) is 0 Å². The van der Waals surface area contributed by atoms with Crippen molar-refractivity contribution in [2.45, 2.75) is 19.8 Å². The quantitative estimate of drug-likeness (QED) is 0.688. The van der Waals surface area contributed by atoms with Gasteiger partial charge in [-0.2, -0.15) is 0 Å². The van der Waals surface area contributed by atoms with Gasteiger partial charge in [0.25, 0.3) is 0 Å². The van der Waals surface area contributed by atoms with Gasteiger partial charge in [0, 0.05) is 81.4 Å². The van der Waals surface area contributed by atoms with E-state index in [1.54, 1.807) is 0 Å². The van der Waals surface area contributed by atoms with Gasteiger partial charge in [-0.3, -0.25) is 4.90 Å². The number of ether oxygens (including phenoxy) is 1. The van der Waals surface area contributed by atoms with E-state index in [9.17, 15) is 0 Å². The summed E-state index contributed by atoms with van der Waals surface area (Å²) in [6.07, 6.45) is 2.01. The third-order valence-corrected chi connectivity index (χ3v) is 7.12. The second-order valence-corrected chi connectivity index (χ2v) is 9.18. The van der Waals surface area contributed by atoms with Gasteiger partial charge in [-0.1, -0.05) is 6.92 Å². The van der Waals surface area contributed by atoms with E-state index in [1.165, 1.54) is 16.9 Å². The van der Waals surface area contributed by atoms with Crippen LogP contribution < -0.4 is 9.80 Å². The maximum absolute atomic E-state index is 5.49. The zero-order valence-electron chi connectivity index (χ0n) is 19.6. The molecule has 1 aromatic heterocycles. The Morgan fingerprint density at radius 3 is 2.34 bits per heavy atom. The van der Waals surface area contributed by atoms with Crippen molar-refractivity contribution in [2.75, 3.05) is 89.0 Å². The van der Waals surface area contributed by atoms with Crippen molar-refractivity contribution in [1.29, 1.82) is 0 Å². The molecule has 0 radical (unpaired) electrons. The van der Waals surface area contributed by atoms with E-state index in [2.05, 4.69) is 57.8 Å². The van der Waals surface area contributed by atoms with Crippen LogP contribution in [0.25, 0.3) is 11.4 Å². The van der Waals surface area contributed by atoms with Crippen molar-refractivity contribution in [3.8, 4) is 11.4 Å². The van der Waals surface area contributed by atoms with Gasteiger partial charge in [0.05, 0.1) is 13.2 Å². The fourth-order valence-corrected chi connectivity index (χ4v) is 5.00. The van der Waals surface area contributed by atoms with Crippen LogP contribution >= 0.6 is 0 Å². The molecular formula is C25H36N6O. The van der Waals surface area contributed by atoms with Gasteiger partial charge in [0.1, 0.15) is 5.82 Å². The third-order valence-electron chi connectivity index (χ3n) is 7.12. The molecule has 32 heavy (non-hydrogen) atoms. The van der Waals surface area contributed by atoms with Crippen molar-refractivity contribution >= 4 is 11.5 Å². The van der Waals surface area contributed by atoms with E-state index < -0.39 is 0 Å². The summed E-state index contributed by atoms with van der Waals surface area (Å²) in [6, 6.07) is 8.86. The summed E-state index contributed by atoms with van der Waals surface area (Å²) in [5.41, 5.74) is 4.97. The van der Waals surface area contributed by atoms with Crippen LogP contribution in [0.4, 0.5) is 11.5 Å². The van der Waals surface area contributed by atoms with Crippen molar-refractivity contribution in [2.24, 2.45) is 0 Å². The number of aromatic nitrogens is 2. The van der Waals surface area contributed by atoms with Crippen LogP contribution in [0.5, 0.6) is 0 Å². The van der Waals surface area contributed by atoms with Crippen LogP contribution in [-0.2, 0) is 17.6 Å². The summed E-state index contributed by atoms with van der Waals surface area (Å²) in [5.74, 6) is 2.02. The van der Waals surface area contributed by atoms with Crippen LogP contribution in [0, 0.1) is 0 Å². The first-order valence-electron chi connectivity index (χ1n) is 12.2. The van der Waals surface area contributed by atoms with Crippen LogP contribution in [0.1, 0.15) is 18.2 Å². The number of likely N-dealkylation sites (N-methyl/N-ethyl adjacent to an activating group) is 1. The average Bonchev–Trinajstić information content (AvgIpc) is 3.26. The van der Waals surface area contributed by atoms with Gasteiger partial charge in [0.15, 0.2) is 5.82 Å². The molecule has 0 unspecified atom stereocenters. The molecule has 172 valence electrons. The number of anilines is 2. The average molecular weight is 437 g/mol. The molecule has 0 spiro atoms. The topological polar surface area (TPSA) is 48.0 Å². The summed E-state index contributed by atoms with van der Waals surface area (Å²) >= 11 is 0. The molecule has 0 bridgehead atoms. The normalized spacial score (nSPS) is 20.1. The van der Waals surface area contributed by atoms with E-state index in [-0.39, 0.29) is 0 Å². The molecule has 0 atom stereocenters. The standard InChI is InChI=1S/C25H36N6O/c1-3-23-22-8-9-31(15-12-29-16-18-32-19-17-29)25(22)27-24(26-23)20-4-6-21(7-5-20)30-13-10-28(2)11-14-30/h4-7H,3,8-19H2,1-2H3. The second kappa shape index (κ2) is 9.73. The van der Waals surface area contributed by atoms with Crippen molar-refractivity contribution in [3.63, 3.8) is 0 Å². The molecule has 1 aromatic carbocycles. The maximum atomic E-state index is 5.49. The number of fused-ring (bicyclic) bond motifs is 1. The van der Waals surface area contributed by atoms with E-state index in [0.29, 0.717) is 0 Å². The lowest BCUT2D eigenvalue weighted by Gasteiger charge is -2.34. The van der Waals surface area contributed by atoms with Gasteiger partial charge < -0.3 is 19.4 Å². The molecule has 5 rings (SSSR count). The maximum Gasteiger partial charge on any atom is 0.161 e. The molecular weight excluding hydrogens is 400 g/mol. The summed E-state index contributed by atoms with van der Waals surface area (Å²) in [7, 11) is 2.20. The largest absolute Gasteiger partial charge is 0.379 e. The number of hydrogen-bond acceptors (Lipinski definition) is 7. The number of morpholine rings is 1. The highest BCUT2D eigenvalue weighted by molar-refractivity contribution is 5.65. The van der Waals surface area contributed by atoms with Gasteiger partial charge in [-0.05, 0) is 44.2 Å². The Hall–Kier alpha value is -2.22. The number of piperazine rings is 1. The van der Waals surface area contributed by atoms with Crippen LogP contribution in [-0.4, -0.2) is 98.9 Å². The Bertz CT molecular complexity index is 903. The first kappa shape index (κ1) is 21.6. The fourth-order valence-electron chi connectivity index (χ4n) is 5.00. The molecule has 2 aromatic rings. The molecule has 3 aliphatic heterocycles. The number of aryl methyl sites for hydroxylation is 1. The van der Waals surface area contributed by atoms with Gasteiger partial charge >= 0.3 is 0 Å². The smallest absolute Gasteiger partial charge is 0.161 e.